The van der Waals surface area contributed by atoms with E-state index in [0.29, 0.717) is 62.0 Å². The van der Waals surface area contributed by atoms with Crippen LogP contribution >= 0.6 is 0 Å². The van der Waals surface area contributed by atoms with E-state index in [1.165, 1.54) is 30.3 Å². The van der Waals surface area contributed by atoms with Crippen molar-refractivity contribution < 1.29 is 27.8 Å². The number of anilines is 2. The number of rotatable bonds is 4. The summed E-state index contributed by atoms with van der Waals surface area (Å²) >= 11 is 0. The molecule has 0 bridgehead atoms. The molecule has 1 atom stereocenters. The minimum atomic E-state index is -1.17. The Morgan fingerprint density at radius 3 is 2.42 bits per heavy atom. The van der Waals surface area contributed by atoms with Gasteiger partial charge in [0.05, 0.1) is 30.2 Å². The predicted octanol–water partition coefficient (Wildman–Crippen LogP) is 3.95. The minimum Gasteiger partial charge on any atom is -0.478 e. The van der Waals surface area contributed by atoms with Crippen LogP contribution < -0.4 is 15.2 Å². The normalized spacial score (nSPS) is 18.8. The molecule has 2 aliphatic rings. The van der Waals surface area contributed by atoms with Gasteiger partial charge in [-0.25, -0.2) is 13.6 Å². The van der Waals surface area contributed by atoms with Crippen LogP contribution in [-0.2, 0) is 4.74 Å². The largest absolute Gasteiger partial charge is 0.478 e. The Balaban J connectivity index is 1.68. The van der Waals surface area contributed by atoms with E-state index in [0.717, 1.165) is 12.5 Å². The van der Waals surface area contributed by atoms with Gasteiger partial charge in [0.25, 0.3) is 0 Å². The summed E-state index contributed by atoms with van der Waals surface area (Å²) in [5, 5.41) is 9.81. The highest BCUT2D eigenvalue weighted by Gasteiger charge is 2.31. The van der Waals surface area contributed by atoms with Crippen LogP contribution in [0.15, 0.2) is 45.6 Å². The molecule has 33 heavy (non-hydrogen) atoms. The maximum atomic E-state index is 13.9. The maximum absolute atomic E-state index is 13.9. The number of hydrogen-bond donors (Lipinski definition) is 1. The summed E-state index contributed by atoms with van der Waals surface area (Å²) in [5.74, 6) is -2.17. The van der Waals surface area contributed by atoms with Crippen molar-refractivity contribution in [1.82, 2.24) is 0 Å². The molecule has 9 heteroatoms. The summed E-state index contributed by atoms with van der Waals surface area (Å²) in [5.41, 5.74) is 0.780. The van der Waals surface area contributed by atoms with Crippen LogP contribution in [0.2, 0.25) is 0 Å². The van der Waals surface area contributed by atoms with Crippen molar-refractivity contribution in [3.05, 3.63) is 69.4 Å². The molecular weight excluding hydrogens is 434 g/mol. The lowest BCUT2D eigenvalue weighted by Crippen LogP contribution is -2.36. The molecule has 1 aromatic heterocycles. The van der Waals surface area contributed by atoms with Crippen molar-refractivity contribution in [2.45, 2.75) is 18.9 Å². The van der Waals surface area contributed by atoms with Crippen molar-refractivity contribution in [3.63, 3.8) is 0 Å². The third kappa shape index (κ3) is 4.04. The van der Waals surface area contributed by atoms with E-state index in [-0.39, 0.29) is 16.4 Å². The highest BCUT2D eigenvalue weighted by molar-refractivity contribution is 5.94. The van der Waals surface area contributed by atoms with Crippen LogP contribution in [0.1, 0.15) is 34.8 Å². The number of morpholine rings is 1. The van der Waals surface area contributed by atoms with Gasteiger partial charge in [-0.15, -0.1) is 0 Å². The zero-order valence-electron chi connectivity index (χ0n) is 17.7. The molecule has 0 saturated carbocycles. The Labute approximate surface area is 187 Å². The number of nitrogens with zero attached hydrogens (tertiary/aromatic N) is 2. The molecule has 0 radical (unpaired) electrons. The van der Waals surface area contributed by atoms with E-state index in [1.54, 1.807) is 0 Å². The zero-order chi connectivity index (χ0) is 23.1. The summed E-state index contributed by atoms with van der Waals surface area (Å²) in [6.07, 6.45) is 1.34. The minimum absolute atomic E-state index is 0.0406. The zero-order valence-corrected chi connectivity index (χ0v) is 17.7. The standard InChI is InChI=1S/C24H22F2N2O5/c25-15-10-16(26)12-17(11-15)28-3-1-2-20(28)18-8-14(24(30)31)9-19-21(29)13-22(33-23(18)19)27-4-6-32-7-5-27/h8-13,20H,1-7H2,(H,30,31)/t20-/m1/s1. The van der Waals surface area contributed by atoms with Crippen LogP contribution in [0.3, 0.4) is 0 Å². The molecule has 0 amide bonds. The molecule has 0 aliphatic carbocycles. The first kappa shape index (κ1) is 21.4. The van der Waals surface area contributed by atoms with Crippen LogP contribution in [0.5, 0.6) is 0 Å². The number of fused-ring (bicyclic) bond motifs is 1. The summed E-state index contributed by atoms with van der Waals surface area (Å²) in [6, 6.07) is 7.09. The Morgan fingerprint density at radius 1 is 1.00 bits per heavy atom. The molecule has 2 fully saturated rings. The first-order valence-electron chi connectivity index (χ1n) is 10.8. The molecule has 5 rings (SSSR count). The van der Waals surface area contributed by atoms with Gasteiger partial charge in [0.2, 0.25) is 0 Å². The van der Waals surface area contributed by atoms with E-state index >= 15 is 0 Å². The van der Waals surface area contributed by atoms with Crippen molar-refractivity contribution in [3.8, 4) is 0 Å². The molecule has 0 unspecified atom stereocenters. The van der Waals surface area contributed by atoms with Gasteiger partial charge in [-0.05, 0) is 37.1 Å². The van der Waals surface area contributed by atoms with Gasteiger partial charge in [0.15, 0.2) is 11.3 Å². The highest BCUT2D eigenvalue weighted by Crippen LogP contribution is 2.40. The second kappa shape index (κ2) is 8.47. The Hall–Kier alpha value is -3.46. The van der Waals surface area contributed by atoms with Crippen molar-refractivity contribution in [2.24, 2.45) is 0 Å². The topological polar surface area (TPSA) is 83.2 Å². The first-order chi connectivity index (χ1) is 15.9. The average molecular weight is 456 g/mol. The molecule has 2 aliphatic heterocycles. The van der Waals surface area contributed by atoms with Gasteiger partial charge in [-0.1, -0.05) is 0 Å². The molecule has 2 saturated heterocycles. The number of carboxylic acid groups (broad SMARTS) is 1. The summed E-state index contributed by atoms with van der Waals surface area (Å²) < 4.78 is 39.4. The Kier molecular flexibility index (Phi) is 5.49. The average Bonchev–Trinajstić information content (AvgIpc) is 3.28. The number of ether oxygens (including phenoxy) is 1. The van der Waals surface area contributed by atoms with E-state index < -0.39 is 23.6 Å². The fraction of sp³-hybridized carbons (Fsp3) is 0.333. The summed E-state index contributed by atoms with van der Waals surface area (Å²) in [7, 11) is 0. The van der Waals surface area contributed by atoms with Gasteiger partial charge in [-0.3, -0.25) is 4.79 Å². The van der Waals surface area contributed by atoms with Crippen molar-refractivity contribution in [1.29, 1.82) is 0 Å². The lowest BCUT2D eigenvalue weighted by Gasteiger charge is -2.29. The second-order valence-corrected chi connectivity index (χ2v) is 8.27. The molecule has 172 valence electrons. The molecule has 3 heterocycles. The van der Waals surface area contributed by atoms with Crippen molar-refractivity contribution >= 4 is 28.5 Å². The highest BCUT2D eigenvalue weighted by atomic mass is 19.1. The van der Waals surface area contributed by atoms with Gasteiger partial charge in [-0.2, -0.15) is 0 Å². The summed E-state index contributed by atoms with van der Waals surface area (Å²) in [6.45, 7) is 2.67. The number of carbonyl (C=O) groups is 1. The van der Waals surface area contributed by atoms with Gasteiger partial charge >= 0.3 is 5.97 Å². The number of benzene rings is 2. The van der Waals surface area contributed by atoms with Crippen LogP contribution in [0.25, 0.3) is 11.0 Å². The number of hydrogen-bond acceptors (Lipinski definition) is 6. The molecule has 2 aromatic carbocycles. The molecular formula is C24H22F2N2O5. The maximum Gasteiger partial charge on any atom is 0.335 e. The van der Waals surface area contributed by atoms with Crippen molar-refractivity contribution in [2.75, 3.05) is 42.6 Å². The van der Waals surface area contributed by atoms with E-state index in [9.17, 15) is 23.5 Å². The summed E-state index contributed by atoms with van der Waals surface area (Å²) in [4.78, 5) is 28.5. The van der Waals surface area contributed by atoms with Crippen LogP contribution in [0, 0.1) is 11.6 Å². The van der Waals surface area contributed by atoms with E-state index in [4.69, 9.17) is 9.15 Å². The monoisotopic (exact) mass is 456 g/mol. The SMILES string of the molecule is O=C(O)c1cc([C@H]2CCCN2c2cc(F)cc(F)c2)c2oc(N3CCOCC3)cc(=O)c2c1. The third-order valence-electron chi connectivity index (χ3n) is 6.20. The third-order valence-corrected chi connectivity index (χ3v) is 6.20. The van der Waals surface area contributed by atoms with Crippen LogP contribution in [0.4, 0.5) is 20.4 Å². The molecule has 3 aromatic rings. The van der Waals surface area contributed by atoms with Crippen LogP contribution in [-0.4, -0.2) is 43.9 Å². The van der Waals surface area contributed by atoms with Gasteiger partial charge in [0.1, 0.15) is 17.2 Å². The quantitative estimate of drug-likeness (QED) is 0.637. The number of aromatic carboxylic acids is 1. The fourth-order valence-electron chi connectivity index (χ4n) is 4.69. The second-order valence-electron chi connectivity index (χ2n) is 8.27. The molecule has 1 N–H and O–H groups in total. The number of halogens is 2. The van der Waals surface area contributed by atoms with Gasteiger partial charge < -0.3 is 24.1 Å². The molecule has 0 spiro atoms. The Morgan fingerprint density at radius 2 is 1.73 bits per heavy atom. The lowest BCUT2D eigenvalue weighted by atomic mass is 9.98. The fourth-order valence-corrected chi connectivity index (χ4v) is 4.69. The smallest absolute Gasteiger partial charge is 0.335 e. The van der Waals surface area contributed by atoms with E-state index in [1.807, 2.05) is 9.80 Å². The first-order valence-corrected chi connectivity index (χ1v) is 10.8. The lowest BCUT2D eigenvalue weighted by molar-refractivity contribution is 0.0697. The number of carboxylic acids is 1. The molecule has 7 nitrogen and oxygen atoms in total. The van der Waals surface area contributed by atoms with Gasteiger partial charge in [0, 0.05) is 43.0 Å². The predicted molar refractivity (Wildman–Crippen MR) is 118 cm³/mol. The van der Waals surface area contributed by atoms with E-state index in [2.05, 4.69) is 0 Å². The Bertz CT molecular complexity index is 1270.